The molecule has 2 aromatic rings. The Bertz CT molecular complexity index is 490. The van der Waals surface area contributed by atoms with Crippen molar-refractivity contribution in [3.05, 3.63) is 15.7 Å². The average Bonchev–Trinajstić information content (AvgIpc) is 2.69. The number of H-pyrrole nitrogens is 3. The normalized spacial score (nSPS) is 11.9. The van der Waals surface area contributed by atoms with Gasteiger partial charge in [0.15, 0.2) is 10.9 Å². The molecule has 0 saturated carbocycles. The summed E-state index contributed by atoms with van der Waals surface area (Å²) < 4.78 is 0. The van der Waals surface area contributed by atoms with Gasteiger partial charge in [-0.25, -0.2) is 10.1 Å². The zero-order chi connectivity index (χ0) is 9.97. The van der Waals surface area contributed by atoms with Crippen LogP contribution in [-0.4, -0.2) is 40.8 Å². The van der Waals surface area contributed by atoms with Crippen LogP contribution in [0.15, 0.2) is 5.10 Å². The molecular weight excluding hydrogens is 194 g/mol. The third-order valence-electron chi connectivity index (χ3n) is 1.24. The number of nitro groups is 1. The highest BCUT2D eigenvalue weighted by Crippen LogP contribution is 1.99. The minimum Gasteiger partial charge on any atom is -0.278 e. The predicted molar refractivity (Wildman–Crippen MR) is 38.7 cm³/mol. The van der Waals surface area contributed by atoms with Crippen LogP contribution < -0.4 is 5.62 Å². The van der Waals surface area contributed by atoms with E-state index < -0.39 is 5.03 Å². The van der Waals surface area contributed by atoms with Crippen LogP contribution in [0.5, 0.6) is 0 Å². The summed E-state index contributed by atoms with van der Waals surface area (Å²) in [6.45, 7) is 0. The van der Waals surface area contributed by atoms with E-state index in [-0.39, 0.29) is 17.3 Å². The first kappa shape index (κ1) is 8.03. The molecular formula is C3H3N9O2. The summed E-state index contributed by atoms with van der Waals surface area (Å²) in [5.74, 6) is 0.394. The van der Waals surface area contributed by atoms with Crippen molar-refractivity contribution >= 4 is 0 Å². The molecule has 0 spiro atoms. The van der Waals surface area contributed by atoms with Crippen molar-refractivity contribution in [2.24, 2.45) is 5.10 Å². The third kappa shape index (κ3) is 1.45. The number of nitrogens with one attached hydrogen (secondary N) is 3. The number of aromatic nitrogens is 7. The topological polar surface area (TPSA) is 154 Å². The first-order chi connectivity index (χ1) is 6.75. The number of hydrogen-bond donors (Lipinski definition) is 3. The molecule has 2 heterocycles. The number of rotatable bonds is 2. The lowest BCUT2D eigenvalue weighted by Gasteiger charge is -1.78. The van der Waals surface area contributed by atoms with Crippen molar-refractivity contribution in [2.75, 3.05) is 0 Å². The van der Waals surface area contributed by atoms with Crippen LogP contribution in [0.4, 0.5) is 0 Å². The average molecular weight is 197 g/mol. The molecule has 11 nitrogen and oxygen atoms in total. The smallest absolute Gasteiger partial charge is 0.278 e. The van der Waals surface area contributed by atoms with Crippen LogP contribution in [0.3, 0.4) is 0 Å². The molecule has 0 aliphatic carbocycles. The molecule has 0 radical (unpaired) electrons. The fraction of sp³-hybridized carbons (Fsp3) is 0. The van der Waals surface area contributed by atoms with Crippen LogP contribution in [0.2, 0.25) is 0 Å². The lowest BCUT2D eigenvalue weighted by molar-refractivity contribution is -0.491. The van der Waals surface area contributed by atoms with Gasteiger partial charge in [-0.05, 0) is 5.21 Å². The molecule has 2 rings (SSSR count). The Hall–Kier alpha value is -2.59. The van der Waals surface area contributed by atoms with Gasteiger partial charge in [0.25, 0.3) is 0 Å². The van der Waals surface area contributed by atoms with Crippen LogP contribution in [-0.2, 0) is 0 Å². The van der Waals surface area contributed by atoms with Crippen LogP contribution in [0.25, 0.3) is 11.6 Å². The second-order valence-electron chi connectivity index (χ2n) is 2.11. The Morgan fingerprint density at radius 2 is 2.29 bits per heavy atom. The Morgan fingerprint density at radius 3 is 2.93 bits per heavy atom. The zero-order valence-electron chi connectivity index (χ0n) is 6.50. The maximum absolute atomic E-state index is 9.98. The summed E-state index contributed by atoms with van der Waals surface area (Å²) in [5, 5.41) is 29.6. The largest absolute Gasteiger partial charge is 0.315 e. The SMILES string of the molecule is O=[N+]([O-])/N=c1/nc(-c2nn[nH]n2)[nH][nH]1. The molecule has 72 valence electrons. The summed E-state index contributed by atoms with van der Waals surface area (Å²) in [5.41, 5.74) is -0.171. The van der Waals surface area contributed by atoms with Gasteiger partial charge in [-0.3, -0.25) is 10.2 Å². The van der Waals surface area contributed by atoms with Crippen LogP contribution in [0.1, 0.15) is 0 Å². The Balaban J connectivity index is 2.40. The first-order valence-electron chi connectivity index (χ1n) is 3.33. The lowest BCUT2D eigenvalue weighted by atomic mass is 10.6. The maximum atomic E-state index is 9.98. The fourth-order valence-electron chi connectivity index (χ4n) is 0.770. The molecule has 3 N–H and O–H groups in total. The van der Waals surface area contributed by atoms with E-state index in [0.717, 1.165) is 0 Å². The third-order valence-corrected chi connectivity index (χ3v) is 1.24. The molecule has 0 aliphatic rings. The van der Waals surface area contributed by atoms with Crippen molar-refractivity contribution in [3.63, 3.8) is 0 Å². The Morgan fingerprint density at radius 1 is 1.43 bits per heavy atom. The molecule has 0 amide bonds. The van der Waals surface area contributed by atoms with Crippen molar-refractivity contribution in [1.82, 2.24) is 35.8 Å². The molecule has 0 fully saturated rings. The summed E-state index contributed by atoms with van der Waals surface area (Å²) in [4.78, 5) is 13.7. The molecule has 0 aromatic carbocycles. The second kappa shape index (κ2) is 3.04. The second-order valence-corrected chi connectivity index (χ2v) is 2.11. The predicted octanol–water partition coefficient (Wildman–Crippen LogP) is -1.99. The van der Waals surface area contributed by atoms with Crippen molar-refractivity contribution in [1.29, 1.82) is 0 Å². The lowest BCUT2D eigenvalue weighted by Crippen LogP contribution is -2.09. The van der Waals surface area contributed by atoms with E-state index in [0.29, 0.717) is 0 Å². The van der Waals surface area contributed by atoms with Crippen LogP contribution in [0, 0.1) is 10.1 Å². The highest BCUT2D eigenvalue weighted by molar-refractivity contribution is 5.38. The maximum Gasteiger partial charge on any atom is 0.315 e. The number of aromatic amines is 3. The number of hydrogen-bond acceptors (Lipinski definition) is 6. The van der Waals surface area contributed by atoms with E-state index in [9.17, 15) is 10.1 Å². The molecule has 0 saturated heterocycles. The highest BCUT2D eigenvalue weighted by Gasteiger charge is 2.06. The zero-order valence-corrected chi connectivity index (χ0v) is 6.50. The highest BCUT2D eigenvalue weighted by atomic mass is 16.7. The molecule has 0 aliphatic heterocycles. The molecule has 0 atom stereocenters. The van der Waals surface area contributed by atoms with E-state index in [1.54, 1.807) is 0 Å². The van der Waals surface area contributed by atoms with Gasteiger partial charge < -0.3 is 0 Å². The van der Waals surface area contributed by atoms with Crippen molar-refractivity contribution < 1.29 is 5.03 Å². The van der Waals surface area contributed by atoms with E-state index in [4.69, 9.17) is 0 Å². The first-order valence-corrected chi connectivity index (χ1v) is 3.33. The van der Waals surface area contributed by atoms with Gasteiger partial charge in [0.05, 0.1) is 0 Å². The number of tetrazole rings is 1. The van der Waals surface area contributed by atoms with Gasteiger partial charge in [0, 0.05) is 0 Å². The summed E-state index contributed by atoms with van der Waals surface area (Å²) in [7, 11) is 0. The molecule has 11 heteroatoms. The van der Waals surface area contributed by atoms with Gasteiger partial charge in [-0.1, -0.05) is 0 Å². The summed E-state index contributed by atoms with van der Waals surface area (Å²) in [6.07, 6.45) is 0. The van der Waals surface area contributed by atoms with E-state index in [1.807, 2.05) is 0 Å². The fourth-order valence-corrected chi connectivity index (χ4v) is 0.770. The van der Waals surface area contributed by atoms with Crippen molar-refractivity contribution in [2.45, 2.75) is 0 Å². The molecule has 14 heavy (non-hydrogen) atoms. The quantitative estimate of drug-likeness (QED) is 0.374. The van der Waals surface area contributed by atoms with E-state index in [1.165, 1.54) is 0 Å². The monoisotopic (exact) mass is 197 g/mol. The van der Waals surface area contributed by atoms with Gasteiger partial charge in [-0.15, -0.1) is 10.2 Å². The van der Waals surface area contributed by atoms with Gasteiger partial charge >= 0.3 is 5.62 Å². The summed E-state index contributed by atoms with van der Waals surface area (Å²) >= 11 is 0. The molecule has 0 bridgehead atoms. The summed E-state index contributed by atoms with van der Waals surface area (Å²) in [6, 6.07) is 0. The van der Waals surface area contributed by atoms with Gasteiger partial charge in [0.1, 0.15) is 5.10 Å². The molecule has 2 aromatic heterocycles. The Kier molecular flexibility index (Phi) is 1.74. The van der Waals surface area contributed by atoms with E-state index in [2.05, 4.69) is 40.9 Å². The number of nitrogens with zero attached hydrogens (tertiary/aromatic N) is 6. The van der Waals surface area contributed by atoms with Gasteiger partial charge in [0.2, 0.25) is 5.82 Å². The minimum atomic E-state index is -0.868. The minimum absolute atomic E-state index is 0.171. The molecule has 0 unspecified atom stereocenters. The van der Waals surface area contributed by atoms with Crippen LogP contribution >= 0.6 is 0 Å². The Labute approximate surface area is 74.4 Å². The van der Waals surface area contributed by atoms with Gasteiger partial charge in [-0.2, -0.15) is 10.2 Å². The van der Waals surface area contributed by atoms with Crippen molar-refractivity contribution in [3.8, 4) is 11.6 Å². The standard InChI is InChI=1S/C3H3N9O2/c13-12(14)9-3-4-1(5-8-3)2-6-10-11-7-2/h(H2,4,5,8,9)(H,6,7,10,11). The van der Waals surface area contributed by atoms with E-state index >= 15 is 0 Å².